The third-order valence-electron chi connectivity index (χ3n) is 2.73. The molecule has 0 saturated carbocycles. The van der Waals surface area contributed by atoms with Crippen molar-refractivity contribution in [1.29, 1.82) is 0 Å². The molecule has 0 radical (unpaired) electrons. The van der Waals surface area contributed by atoms with Gasteiger partial charge in [-0.2, -0.15) is 0 Å². The molecular weight excluding hydrogens is 345 g/mol. The summed E-state index contributed by atoms with van der Waals surface area (Å²) in [6, 6.07) is 8.06. The van der Waals surface area contributed by atoms with Gasteiger partial charge in [-0.3, -0.25) is 10.1 Å². The Hall–Kier alpha value is -1.99. The highest BCUT2D eigenvalue weighted by Crippen LogP contribution is 2.31. The summed E-state index contributed by atoms with van der Waals surface area (Å²) >= 11 is 3.13. The topological polar surface area (TPSA) is 72.6 Å². The van der Waals surface area contributed by atoms with Crippen molar-refractivity contribution in [2.75, 3.05) is 0 Å². The van der Waals surface area contributed by atoms with Gasteiger partial charge >= 0.3 is 0 Å². The number of halogens is 2. The van der Waals surface area contributed by atoms with E-state index in [0.717, 1.165) is 6.07 Å². The van der Waals surface area contributed by atoms with Gasteiger partial charge in [0, 0.05) is 10.5 Å². The number of rotatable bonds is 4. The number of hydrogen-bond donors (Lipinski definition) is 1. The first-order chi connectivity index (χ1) is 9.86. The van der Waals surface area contributed by atoms with Gasteiger partial charge in [-0.05, 0) is 30.7 Å². The molecule has 110 valence electrons. The lowest BCUT2D eigenvalue weighted by Gasteiger charge is -2.10. The molecule has 0 bridgehead atoms. The molecule has 2 aromatic rings. The largest absolute Gasteiger partial charge is 0.454 e. The molecule has 0 aromatic heterocycles. The molecule has 0 heterocycles. The second-order valence-electron chi connectivity index (χ2n) is 4.37. The molecular formula is C14H11BrFNO4. The highest BCUT2D eigenvalue weighted by molar-refractivity contribution is 9.10. The molecule has 1 N–H and O–H groups in total. The Morgan fingerprint density at radius 3 is 2.62 bits per heavy atom. The molecule has 0 aliphatic rings. The minimum atomic E-state index is -0.791. The minimum absolute atomic E-state index is 0.0770. The molecule has 0 aliphatic carbocycles. The summed E-state index contributed by atoms with van der Waals surface area (Å²) in [5, 5.41) is 20.1. The van der Waals surface area contributed by atoms with E-state index in [4.69, 9.17) is 4.74 Å². The maximum Gasteiger partial charge on any atom is 0.274 e. The molecule has 7 heteroatoms. The van der Waals surface area contributed by atoms with Crippen LogP contribution in [0.5, 0.6) is 11.5 Å². The van der Waals surface area contributed by atoms with Gasteiger partial charge in [-0.1, -0.05) is 22.0 Å². The van der Waals surface area contributed by atoms with E-state index in [1.807, 2.05) is 0 Å². The Labute approximate surface area is 128 Å². The van der Waals surface area contributed by atoms with E-state index >= 15 is 0 Å². The molecule has 0 saturated heterocycles. The number of nitro groups is 1. The fourth-order valence-electron chi connectivity index (χ4n) is 1.70. The van der Waals surface area contributed by atoms with Gasteiger partial charge in [-0.15, -0.1) is 0 Å². The summed E-state index contributed by atoms with van der Waals surface area (Å²) in [6.07, 6.45) is -0.791. The zero-order valence-corrected chi connectivity index (χ0v) is 12.5. The molecule has 2 rings (SSSR count). The van der Waals surface area contributed by atoms with E-state index in [0.29, 0.717) is 10.0 Å². The lowest BCUT2D eigenvalue weighted by atomic mass is 10.1. The summed E-state index contributed by atoms with van der Waals surface area (Å²) in [5.41, 5.74) is 0.250. The van der Waals surface area contributed by atoms with E-state index in [-0.39, 0.29) is 17.2 Å². The van der Waals surface area contributed by atoms with E-state index < -0.39 is 16.8 Å². The van der Waals surface area contributed by atoms with E-state index in [1.54, 1.807) is 0 Å². The zero-order chi connectivity index (χ0) is 15.6. The van der Waals surface area contributed by atoms with Crippen molar-refractivity contribution < 1.29 is 19.2 Å². The molecule has 21 heavy (non-hydrogen) atoms. The van der Waals surface area contributed by atoms with Crippen LogP contribution in [0, 0.1) is 15.9 Å². The lowest BCUT2D eigenvalue weighted by molar-refractivity contribution is -0.385. The van der Waals surface area contributed by atoms with Crippen LogP contribution in [-0.2, 0) is 0 Å². The summed E-state index contributed by atoms with van der Waals surface area (Å²) < 4.78 is 19.7. The van der Waals surface area contributed by atoms with E-state index in [2.05, 4.69) is 15.9 Å². The number of benzene rings is 2. The minimum Gasteiger partial charge on any atom is -0.454 e. The highest BCUT2D eigenvalue weighted by atomic mass is 79.9. The predicted octanol–water partition coefficient (Wildman–Crippen LogP) is 4.34. The van der Waals surface area contributed by atoms with Crippen molar-refractivity contribution in [1.82, 2.24) is 0 Å². The van der Waals surface area contributed by atoms with Gasteiger partial charge in [0.2, 0.25) is 0 Å². The van der Waals surface area contributed by atoms with Crippen LogP contribution in [0.2, 0.25) is 0 Å². The molecule has 0 amide bonds. The number of nitro benzene ring substituents is 1. The first kappa shape index (κ1) is 15.4. The number of aliphatic hydroxyl groups is 1. The molecule has 0 unspecified atom stereocenters. The molecule has 0 spiro atoms. The van der Waals surface area contributed by atoms with Crippen LogP contribution in [0.4, 0.5) is 10.1 Å². The molecule has 1 atom stereocenters. The van der Waals surface area contributed by atoms with Crippen molar-refractivity contribution in [3.05, 3.63) is 62.4 Å². The van der Waals surface area contributed by atoms with Crippen LogP contribution in [-0.4, -0.2) is 10.0 Å². The molecule has 0 aliphatic heterocycles. The van der Waals surface area contributed by atoms with Crippen LogP contribution in [0.25, 0.3) is 0 Å². The van der Waals surface area contributed by atoms with Gasteiger partial charge in [0.25, 0.3) is 5.69 Å². The summed E-state index contributed by atoms with van der Waals surface area (Å²) in [7, 11) is 0. The summed E-state index contributed by atoms with van der Waals surface area (Å²) in [6.45, 7) is 1.52. The van der Waals surface area contributed by atoms with Crippen molar-refractivity contribution in [2.24, 2.45) is 0 Å². The third-order valence-corrected chi connectivity index (χ3v) is 3.19. The second-order valence-corrected chi connectivity index (χ2v) is 5.29. The Balaban J connectivity index is 2.32. The number of nitrogens with zero attached hydrogens (tertiary/aromatic N) is 1. The summed E-state index contributed by atoms with van der Waals surface area (Å²) in [4.78, 5) is 10.2. The number of aliphatic hydroxyl groups excluding tert-OH is 1. The number of hydrogen-bond acceptors (Lipinski definition) is 4. The number of non-ortho nitro benzene ring substituents is 1. The molecule has 0 fully saturated rings. The monoisotopic (exact) mass is 355 g/mol. The second kappa shape index (κ2) is 6.19. The molecule has 2 aromatic carbocycles. The maximum atomic E-state index is 13.9. The Morgan fingerprint density at radius 1 is 1.33 bits per heavy atom. The van der Waals surface area contributed by atoms with Gasteiger partial charge < -0.3 is 9.84 Å². The third kappa shape index (κ3) is 3.77. The summed E-state index contributed by atoms with van der Waals surface area (Å²) in [5.74, 6) is -0.595. The van der Waals surface area contributed by atoms with E-state index in [9.17, 15) is 19.6 Å². The van der Waals surface area contributed by atoms with Crippen LogP contribution in [0.15, 0.2) is 40.9 Å². The van der Waals surface area contributed by atoms with Crippen molar-refractivity contribution in [2.45, 2.75) is 13.0 Å². The highest BCUT2D eigenvalue weighted by Gasteiger charge is 2.13. The van der Waals surface area contributed by atoms with Crippen LogP contribution < -0.4 is 4.74 Å². The standard InChI is InChI=1S/C14H11BrFNO4/c1-8(18)9-2-3-14(13(16)4-9)21-12-6-10(15)5-11(7-12)17(19)20/h2-8,18H,1H3/t8-/m0/s1. The Morgan fingerprint density at radius 2 is 2.05 bits per heavy atom. The number of ether oxygens (including phenoxy) is 1. The van der Waals surface area contributed by atoms with Crippen molar-refractivity contribution in [3.63, 3.8) is 0 Å². The van der Waals surface area contributed by atoms with Gasteiger partial charge in [0.1, 0.15) is 5.75 Å². The first-order valence-corrected chi connectivity index (χ1v) is 6.76. The Kier molecular flexibility index (Phi) is 4.54. The van der Waals surface area contributed by atoms with Crippen LogP contribution in [0.3, 0.4) is 0 Å². The van der Waals surface area contributed by atoms with E-state index in [1.165, 1.54) is 37.3 Å². The average Bonchev–Trinajstić information content (AvgIpc) is 2.40. The fraction of sp³-hybridized carbons (Fsp3) is 0.143. The predicted molar refractivity (Wildman–Crippen MR) is 77.9 cm³/mol. The lowest BCUT2D eigenvalue weighted by Crippen LogP contribution is -1.95. The normalized spacial score (nSPS) is 12.0. The van der Waals surface area contributed by atoms with Crippen molar-refractivity contribution >= 4 is 21.6 Å². The van der Waals surface area contributed by atoms with Crippen LogP contribution in [0.1, 0.15) is 18.6 Å². The first-order valence-electron chi connectivity index (χ1n) is 5.97. The maximum absolute atomic E-state index is 13.9. The smallest absolute Gasteiger partial charge is 0.274 e. The van der Waals surface area contributed by atoms with Gasteiger partial charge in [-0.25, -0.2) is 4.39 Å². The fourth-order valence-corrected chi connectivity index (χ4v) is 2.16. The van der Waals surface area contributed by atoms with Crippen LogP contribution >= 0.6 is 15.9 Å². The quantitative estimate of drug-likeness (QED) is 0.653. The van der Waals surface area contributed by atoms with Crippen molar-refractivity contribution in [3.8, 4) is 11.5 Å². The van der Waals surface area contributed by atoms with Gasteiger partial charge in [0.05, 0.1) is 17.1 Å². The average molecular weight is 356 g/mol. The molecule has 5 nitrogen and oxygen atoms in total. The van der Waals surface area contributed by atoms with Gasteiger partial charge in [0.15, 0.2) is 11.6 Å². The Bertz CT molecular complexity index is 691. The SMILES string of the molecule is C[C@H](O)c1ccc(Oc2cc(Br)cc([N+](=O)[O-])c2)c(F)c1. The zero-order valence-electron chi connectivity index (χ0n) is 10.9.